The van der Waals surface area contributed by atoms with Gasteiger partial charge in [0.05, 0.1) is 10.4 Å². The number of nitrogens with two attached hydrogens (primary N) is 1. The molecule has 2 heterocycles. The quantitative estimate of drug-likeness (QED) is 0.943. The molecule has 0 aliphatic carbocycles. The van der Waals surface area contributed by atoms with Crippen LogP contribution in [-0.4, -0.2) is 29.9 Å². The first kappa shape index (κ1) is 14.4. The molecule has 5 nitrogen and oxygen atoms in total. The molecule has 112 valence electrons. The van der Waals surface area contributed by atoms with Gasteiger partial charge >= 0.3 is 0 Å². The highest BCUT2D eigenvalue weighted by Crippen LogP contribution is 2.34. The first-order valence-corrected chi connectivity index (χ1v) is 7.10. The number of rotatable bonds is 3. The van der Waals surface area contributed by atoms with Gasteiger partial charge in [0.25, 0.3) is 0 Å². The fourth-order valence-corrected chi connectivity index (χ4v) is 2.74. The Labute approximate surface area is 126 Å². The molecule has 0 bridgehead atoms. The van der Waals surface area contributed by atoms with Crippen LogP contribution in [-0.2, 0) is 10.2 Å². The standard InChI is InChI=1S/C14H15ClFN3O2/c15-11-7-9(16)1-2-10(11)12-18-13(21-19-12)14(8-17)3-5-20-6-4-14/h1-2,7H,3-6,8,17H2. The van der Waals surface area contributed by atoms with E-state index in [0.717, 1.165) is 12.8 Å². The van der Waals surface area contributed by atoms with E-state index in [4.69, 9.17) is 26.6 Å². The molecule has 1 aromatic heterocycles. The molecule has 0 amide bonds. The van der Waals surface area contributed by atoms with E-state index in [2.05, 4.69) is 10.1 Å². The van der Waals surface area contributed by atoms with Crippen LogP contribution in [0.2, 0.25) is 5.02 Å². The van der Waals surface area contributed by atoms with Crippen molar-refractivity contribution in [2.24, 2.45) is 5.73 Å². The molecule has 0 unspecified atom stereocenters. The zero-order chi connectivity index (χ0) is 14.9. The van der Waals surface area contributed by atoms with Crippen molar-refractivity contribution >= 4 is 11.6 Å². The summed E-state index contributed by atoms with van der Waals surface area (Å²) < 4.78 is 23.8. The van der Waals surface area contributed by atoms with E-state index < -0.39 is 5.82 Å². The van der Waals surface area contributed by atoms with Gasteiger partial charge in [0.2, 0.25) is 11.7 Å². The summed E-state index contributed by atoms with van der Waals surface area (Å²) in [5.41, 5.74) is 6.09. The zero-order valence-electron chi connectivity index (χ0n) is 11.3. The molecule has 1 aliphatic heterocycles. The molecule has 2 N–H and O–H groups in total. The second-order valence-corrected chi connectivity index (χ2v) is 5.55. The molecule has 2 aromatic rings. The van der Waals surface area contributed by atoms with Gasteiger partial charge in [-0.2, -0.15) is 4.98 Å². The van der Waals surface area contributed by atoms with Gasteiger partial charge in [-0.15, -0.1) is 0 Å². The maximum Gasteiger partial charge on any atom is 0.234 e. The van der Waals surface area contributed by atoms with E-state index in [-0.39, 0.29) is 10.4 Å². The van der Waals surface area contributed by atoms with Crippen LogP contribution < -0.4 is 5.73 Å². The Bertz CT molecular complexity index is 641. The summed E-state index contributed by atoms with van der Waals surface area (Å²) >= 11 is 6.02. The summed E-state index contributed by atoms with van der Waals surface area (Å²) in [6.07, 6.45) is 1.48. The van der Waals surface area contributed by atoms with Gasteiger partial charge in [-0.05, 0) is 31.0 Å². The third-order valence-corrected chi connectivity index (χ3v) is 4.21. The van der Waals surface area contributed by atoms with Crippen molar-refractivity contribution in [2.75, 3.05) is 19.8 Å². The number of benzene rings is 1. The normalized spacial score (nSPS) is 17.9. The highest BCUT2D eigenvalue weighted by atomic mass is 35.5. The van der Waals surface area contributed by atoms with Gasteiger partial charge in [0.1, 0.15) is 5.82 Å². The average molecular weight is 312 g/mol. The number of aromatic nitrogens is 2. The smallest absolute Gasteiger partial charge is 0.234 e. The van der Waals surface area contributed by atoms with E-state index in [9.17, 15) is 4.39 Å². The SMILES string of the molecule is NCC1(c2nc(-c3ccc(F)cc3Cl)no2)CCOCC1. The van der Waals surface area contributed by atoms with Gasteiger partial charge in [0.15, 0.2) is 0 Å². The fourth-order valence-electron chi connectivity index (χ4n) is 2.49. The van der Waals surface area contributed by atoms with Crippen LogP contribution in [0.3, 0.4) is 0 Å². The lowest BCUT2D eigenvalue weighted by molar-refractivity contribution is 0.0409. The molecule has 0 spiro atoms. The van der Waals surface area contributed by atoms with Crippen molar-refractivity contribution in [3.63, 3.8) is 0 Å². The van der Waals surface area contributed by atoms with Gasteiger partial charge < -0.3 is 15.0 Å². The van der Waals surface area contributed by atoms with Crippen molar-refractivity contribution in [1.29, 1.82) is 0 Å². The third-order valence-electron chi connectivity index (χ3n) is 3.89. The summed E-state index contributed by atoms with van der Waals surface area (Å²) in [6.45, 7) is 1.65. The number of hydrogen-bond donors (Lipinski definition) is 1. The summed E-state index contributed by atoms with van der Waals surface area (Å²) in [4.78, 5) is 4.42. The minimum atomic E-state index is -0.407. The van der Waals surface area contributed by atoms with Gasteiger partial charge in [0, 0.05) is 25.3 Å². The van der Waals surface area contributed by atoms with Gasteiger partial charge in [-0.1, -0.05) is 16.8 Å². The molecule has 3 rings (SSSR count). The lowest BCUT2D eigenvalue weighted by atomic mass is 9.80. The molecule has 0 radical (unpaired) electrons. The fraction of sp³-hybridized carbons (Fsp3) is 0.429. The number of nitrogens with zero attached hydrogens (tertiary/aromatic N) is 2. The van der Waals surface area contributed by atoms with Gasteiger partial charge in [-0.25, -0.2) is 4.39 Å². The Morgan fingerprint density at radius 3 is 2.76 bits per heavy atom. The molecule has 1 saturated heterocycles. The first-order valence-electron chi connectivity index (χ1n) is 6.72. The Balaban J connectivity index is 1.95. The second-order valence-electron chi connectivity index (χ2n) is 5.14. The van der Waals surface area contributed by atoms with E-state index in [1.807, 2.05) is 0 Å². The molecule has 21 heavy (non-hydrogen) atoms. The number of halogens is 2. The van der Waals surface area contributed by atoms with Crippen LogP contribution in [0.1, 0.15) is 18.7 Å². The highest BCUT2D eigenvalue weighted by Gasteiger charge is 2.38. The molecular formula is C14H15ClFN3O2. The van der Waals surface area contributed by atoms with Crippen LogP contribution in [0.5, 0.6) is 0 Å². The van der Waals surface area contributed by atoms with Gasteiger partial charge in [-0.3, -0.25) is 0 Å². The molecule has 0 saturated carbocycles. The predicted molar refractivity (Wildman–Crippen MR) is 75.5 cm³/mol. The van der Waals surface area contributed by atoms with E-state index in [0.29, 0.717) is 37.0 Å². The molecule has 1 aromatic carbocycles. The van der Waals surface area contributed by atoms with Crippen LogP contribution in [0.15, 0.2) is 22.7 Å². The van der Waals surface area contributed by atoms with Crippen molar-refractivity contribution in [3.8, 4) is 11.4 Å². The summed E-state index contributed by atoms with van der Waals surface area (Å²) in [6, 6.07) is 4.07. The van der Waals surface area contributed by atoms with Crippen molar-refractivity contribution in [3.05, 3.63) is 34.9 Å². The number of hydrogen-bond acceptors (Lipinski definition) is 5. The van der Waals surface area contributed by atoms with Crippen molar-refractivity contribution in [1.82, 2.24) is 10.1 Å². The van der Waals surface area contributed by atoms with Crippen LogP contribution in [0.25, 0.3) is 11.4 Å². The zero-order valence-corrected chi connectivity index (χ0v) is 12.1. The average Bonchev–Trinajstić information content (AvgIpc) is 2.98. The third kappa shape index (κ3) is 2.66. The Kier molecular flexibility index (Phi) is 3.93. The Hall–Kier alpha value is -1.50. The summed E-state index contributed by atoms with van der Waals surface area (Å²) in [7, 11) is 0. The van der Waals surface area contributed by atoms with E-state index >= 15 is 0 Å². The van der Waals surface area contributed by atoms with E-state index in [1.54, 1.807) is 0 Å². The predicted octanol–water partition coefficient (Wildman–Crippen LogP) is 2.54. The minimum absolute atomic E-state index is 0.246. The molecular weight excluding hydrogens is 297 g/mol. The maximum absolute atomic E-state index is 13.1. The Morgan fingerprint density at radius 1 is 1.33 bits per heavy atom. The largest absolute Gasteiger partial charge is 0.381 e. The minimum Gasteiger partial charge on any atom is -0.381 e. The van der Waals surface area contributed by atoms with Crippen molar-refractivity contribution in [2.45, 2.75) is 18.3 Å². The molecule has 1 fully saturated rings. The lowest BCUT2D eigenvalue weighted by Crippen LogP contribution is -2.40. The number of ether oxygens (including phenoxy) is 1. The lowest BCUT2D eigenvalue weighted by Gasteiger charge is -2.32. The van der Waals surface area contributed by atoms with E-state index in [1.165, 1.54) is 18.2 Å². The van der Waals surface area contributed by atoms with Crippen LogP contribution in [0.4, 0.5) is 4.39 Å². The first-order chi connectivity index (χ1) is 10.1. The van der Waals surface area contributed by atoms with Crippen LogP contribution in [0, 0.1) is 5.82 Å². The highest BCUT2D eigenvalue weighted by molar-refractivity contribution is 6.33. The second kappa shape index (κ2) is 5.71. The summed E-state index contributed by atoms with van der Waals surface area (Å²) in [5, 5.41) is 4.20. The monoisotopic (exact) mass is 311 g/mol. The van der Waals surface area contributed by atoms with Crippen LogP contribution >= 0.6 is 11.6 Å². The molecule has 0 atom stereocenters. The Morgan fingerprint density at radius 2 is 2.10 bits per heavy atom. The topological polar surface area (TPSA) is 74.2 Å². The molecule has 1 aliphatic rings. The maximum atomic E-state index is 13.1. The summed E-state index contributed by atoms with van der Waals surface area (Å²) in [5.74, 6) is 0.424. The van der Waals surface area contributed by atoms with Crippen molar-refractivity contribution < 1.29 is 13.7 Å². The molecule has 7 heteroatoms.